The fraction of sp³-hybridized carbons (Fsp3) is 0.261. The Labute approximate surface area is 190 Å². The molecule has 33 heavy (non-hydrogen) atoms. The number of rotatable bonds is 7. The Hall–Kier alpha value is -4.21. The number of aromatic nitrogens is 6. The number of tetrazole rings is 1. The summed E-state index contributed by atoms with van der Waals surface area (Å²) in [4.78, 5) is 24.0. The molecule has 4 rings (SSSR count). The third-order valence-electron chi connectivity index (χ3n) is 5.50. The number of methoxy groups -OCH3 is 1. The molecule has 0 radical (unpaired) electrons. The highest BCUT2D eigenvalue weighted by atomic mass is 16.5. The molecule has 0 unspecified atom stereocenters. The molecule has 0 bridgehead atoms. The first kappa shape index (κ1) is 22.0. The Balaban J connectivity index is 1.64. The molecule has 0 N–H and O–H groups in total. The molecule has 0 amide bonds. The summed E-state index contributed by atoms with van der Waals surface area (Å²) in [6.45, 7) is 4.11. The molecule has 0 aliphatic rings. The molecule has 0 spiro atoms. The lowest BCUT2D eigenvalue weighted by Crippen LogP contribution is -2.23. The molecule has 0 saturated heterocycles. The summed E-state index contributed by atoms with van der Waals surface area (Å²) in [5, 5.41) is 12.2. The lowest BCUT2D eigenvalue weighted by atomic mass is 10.0. The standard InChI is InChI=1S/C23H24N6O4/c1-14-7-6-8-19(29-23(31)28(4)25-26-29)18(14)13-33-20-10-9-16(11-15(20)2)21-17(12-30)22(32-5)27(3)24-21/h6-12H,13H2,1-5H3. The summed E-state index contributed by atoms with van der Waals surface area (Å²) in [5.41, 5.74) is 4.69. The van der Waals surface area contributed by atoms with Gasteiger partial charge in [-0.1, -0.05) is 12.1 Å². The van der Waals surface area contributed by atoms with E-state index < -0.39 is 0 Å². The molecular weight excluding hydrogens is 424 g/mol. The average molecular weight is 448 g/mol. The zero-order chi connectivity index (χ0) is 23.7. The van der Waals surface area contributed by atoms with Crippen LogP contribution in [0.5, 0.6) is 11.6 Å². The van der Waals surface area contributed by atoms with Crippen LogP contribution in [0.1, 0.15) is 27.0 Å². The number of carbonyl (C=O) groups excluding carboxylic acids is 1. The van der Waals surface area contributed by atoms with E-state index in [4.69, 9.17) is 9.47 Å². The third kappa shape index (κ3) is 3.91. The van der Waals surface area contributed by atoms with Crippen molar-refractivity contribution in [3.05, 3.63) is 69.1 Å². The van der Waals surface area contributed by atoms with E-state index in [9.17, 15) is 9.59 Å². The van der Waals surface area contributed by atoms with Gasteiger partial charge in [-0.25, -0.2) is 9.48 Å². The van der Waals surface area contributed by atoms with Gasteiger partial charge in [0.05, 0.1) is 12.8 Å². The van der Waals surface area contributed by atoms with E-state index in [-0.39, 0.29) is 12.3 Å². The van der Waals surface area contributed by atoms with Gasteiger partial charge in [0.25, 0.3) is 0 Å². The van der Waals surface area contributed by atoms with Gasteiger partial charge in [-0.05, 0) is 59.7 Å². The summed E-state index contributed by atoms with van der Waals surface area (Å²) < 4.78 is 15.4. The van der Waals surface area contributed by atoms with Crippen LogP contribution in [-0.4, -0.2) is 43.0 Å². The fourth-order valence-corrected chi connectivity index (χ4v) is 3.73. The molecule has 2 aromatic heterocycles. The Kier molecular flexibility index (Phi) is 5.82. The van der Waals surface area contributed by atoms with Crippen molar-refractivity contribution in [2.75, 3.05) is 7.11 Å². The highest BCUT2D eigenvalue weighted by Crippen LogP contribution is 2.32. The minimum absolute atomic E-state index is 0.238. The first-order valence-corrected chi connectivity index (χ1v) is 10.2. The number of aldehydes is 1. The summed E-state index contributed by atoms with van der Waals surface area (Å²) in [6, 6.07) is 11.2. The minimum Gasteiger partial charge on any atom is -0.489 e. The van der Waals surface area contributed by atoms with Crippen molar-refractivity contribution in [1.82, 2.24) is 29.6 Å². The summed E-state index contributed by atoms with van der Waals surface area (Å²) >= 11 is 0. The van der Waals surface area contributed by atoms with E-state index in [2.05, 4.69) is 15.5 Å². The van der Waals surface area contributed by atoms with Gasteiger partial charge < -0.3 is 9.47 Å². The van der Waals surface area contributed by atoms with Crippen molar-refractivity contribution in [2.24, 2.45) is 14.1 Å². The van der Waals surface area contributed by atoms with Crippen molar-refractivity contribution in [2.45, 2.75) is 20.5 Å². The highest BCUT2D eigenvalue weighted by molar-refractivity contribution is 5.89. The minimum atomic E-state index is -0.334. The quantitative estimate of drug-likeness (QED) is 0.400. The van der Waals surface area contributed by atoms with Crippen molar-refractivity contribution in [3.8, 4) is 28.6 Å². The summed E-state index contributed by atoms with van der Waals surface area (Å²) in [5.74, 6) is 1.08. The molecular formula is C23H24N6O4. The summed E-state index contributed by atoms with van der Waals surface area (Å²) in [6.07, 6.45) is 0.745. The van der Waals surface area contributed by atoms with E-state index in [1.54, 1.807) is 14.1 Å². The molecule has 0 aliphatic heterocycles. The van der Waals surface area contributed by atoms with Crippen molar-refractivity contribution in [3.63, 3.8) is 0 Å². The number of nitrogens with zero attached hydrogens (tertiary/aromatic N) is 6. The topological polar surface area (TPSA) is 106 Å². The second kappa shape index (κ2) is 8.73. The first-order chi connectivity index (χ1) is 15.8. The first-order valence-electron chi connectivity index (χ1n) is 10.2. The van der Waals surface area contributed by atoms with E-state index in [1.807, 2.05) is 50.2 Å². The monoisotopic (exact) mass is 448 g/mol. The maximum Gasteiger partial charge on any atom is 0.368 e. The lowest BCUT2D eigenvalue weighted by Gasteiger charge is -2.14. The lowest BCUT2D eigenvalue weighted by molar-refractivity contribution is 0.112. The Bertz CT molecular complexity index is 1400. The Morgan fingerprint density at radius 3 is 2.45 bits per heavy atom. The number of benzene rings is 2. The largest absolute Gasteiger partial charge is 0.489 e. The van der Waals surface area contributed by atoms with Crippen molar-refractivity contribution in [1.29, 1.82) is 0 Å². The molecule has 170 valence electrons. The van der Waals surface area contributed by atoms with Crippen LogP contribution in [0, 0.1) is 13.8 Å². The van der Waals surface area contributed by atoms with Crippen LogP contribution >= 0.6 is 0 Å². The van der Waals surface area contributed by atoms with Crippen LogP contribution in [0.4, 0.5) is 0 Å². The molecule has 10 heteroatoms. The predicted molar refractivity (Wildman–Crippen MR) is 121 cm³/mol. The Morgan fingerprint density at radius 2 is 1.82 bits per heavy atom. The maximum atomic E-state index is 12.4. The van der Waals surface area contributed by atoms with Gasteiger partial charge in [0.1, 0.15) is 23.6 Å². The number of ether oxygens (including phenoxy) is 2. The average Bonchev–Trinajstić information content (AvgIpc) is 3.31. The van der Waals surface area contributed by atoms with Gasteiger partial charge in [0.15, 0.2) is 6.29 Å². The van der Waals surface area contributed by atoms with Crippen molar-refractivity contribution >= 4 is 6.29 Å². The van der Waals surface area contributed by atoms with Crippen LogP contribution in [0.2, 0.25) is 0 Å². The molecule has 10 nitrogen and oxygen atoms in total. The molecule has 0 fully saturated rings. The van der Waals surface area contributed by atoms with Gasteiger partial charge in [-0.2, -0.15) is 14.5 Å². The van der Waals surface area contributed by atoms with Crippen molar-refractivity contribution < 1.29 is 14.3 Å². The van der Waals surface area contributed by atoms with Gasteiger partial charge in [0, 0.05) is 25.2 Å². The predicted octanol–water partition coefficient (Wildman–Crippen LogP) is 2.38. The van der Waals surface area contributed by atoms with Crippen LogP contribution in [0.25, 0.3) is 16.9 Å². The van der Waals surface area contributed by atoms with Crippen LogP contribution in [-0.2, 0) is 20.7 Å². The Morgan fingerprint density at radius 1 is 1.03 bits per heavy atom. The van der Waals surface area contributed by atoms with Crippen LogP contribution < -0.4 is 15.2 Å². The molecule has 4 aromatic rings. The van der Waals surface area contributed by atoms with E-state index in [0.29, 0.717) is 28.6 Å². The zero-order valence-corrected chi connectivity index (χ0v) is 19.1. The normalized spacial score (nSPS) is 10.9. The second-order valence-corrected chi connectivity index (χ2v) is 7.65. The maximum absolute atomic E-state index is 12.4. The van der Waals surface area contributed by atoms with Gasteiger partial charge in [0.2, 0.25) is 5.88 Å². The van der Waals surface area contributed by atoms with E-state index in [1.165, 1.54) is 21.2 Å². The van der Waals surface area contributed by atoms with Gasteiger partial charge in [-0.3, -0.25) is 4.79 Å². The van der Waals surface area contributed by atoms with Gasteiger partial charge in [-0.15, -0.1) is 0 Å². The molecule has 0 aliphatic carbocycles. The molecule has 2 aromatic carbocycles. The smallest absolute Gasteiger partial charge is 0.368 e. The van der Waals surface area contributed by atoms with Crippen LogP contribution in [0.3, 0.4) is 0 Å². The highest BCUT2D eigenvalue weighted by Gasteiger charge is 2.19. The van der Waals surface area contributed by atoms with E-state index in [0.717, 1.165) is 28.5 Å². The zero-order valence-electron chi connectivity index (χ0n) is 19.1. The number of carbonyl (C=O) groups is 1. The number of aryl methyl sites for hydroxylation is 4. The molecule has 0 saturated carbocycles. The van der Waals surface area contributed by atoms with E-state index >= 15 is 0 Å². The second-order valence-electron chi connectivity index (χ2n) is 7.65. The summed E-state index contributed by atoms with van der Waals surface area (Å²) in [7, 11) is 4.78. The fourth-order valence-electron chi connectivity index (χ4n) is 3.73. The SMILES string of the molecule is COc1c(C=O)c(-c2ccc(OCc3c(C)cccc3-n3nnn(C)c3=O)c(C)c2)nn1C. The number of hydrogen-bond acceptors (Lipinski definition) is 7. The van der Waals surface area contributed by atoms with Gasteiger partial charge >= 0.3 is 5.69 Å². The molecule has 0 atom stereocenters. The number of hydrogen-bond donors (Lipinski definition) is 0. The third-order valence-corrected chi connectivity index (χ3v) is 5.50. The van der Waals surface area contributed by atoms with Crippen LogP contribution in [0.15, 0.2) is 41.2 Å². The molecule has 2 heterocycles.